The first-order valence-corrected chi connectivity index (χ1v) is 5.50. The van der Waals surface area contributed by atoms with Gasteiger partial charge in [0.15, 0.2) is 0 Å². The van der Waals surface area contributed by atoms with Gasteiger partial charge in [-0.2, -0.15) is 0 Å². The quantitative estimate of drug-likeness (QED) is 0.453. The third kappa shape index (κ3) is 3.32. The van der Waals surface area contributed by atoms with E-state index in [4.69, 9.17) is 5.11 Å². The van der Waals surface area contributed by atoms with Gasteiger partial charge in [-0.1, -0.05) is 25.3 Å². The molecule has 0 spiro atoms. The molecule has 0 aromatic rings. The van der Waals surface area contributed by atoms with E-state index in [2.05, 4.69) is 0 Å². The minimum Gasteiger partial charge on any atom is -0.478 e. The first-order valence-electron chi connectivity index (χ1n) is 5.50. The van der Waals surface area contributed by atoms with Crippen LogP contribution in [0.1, 0.15) is 39.0 Å². The highest BCUT2D eigenvalue weighted by molar-refractivity contribution is 5.85. The maximum Gasteiger partial charge on any atom is 0.330 e. The molecule has 1 fully saturated rings. The van der Waals surface area contributed by atoms with Gasteiger partial charge in [0.1, 0.15) is 0 Å². The SMILES string of the molecule is C/C(=C\C1(C[N+](=O)[O-])CCCCC1)C(=O)O. The van der Waals surface area contributed by atoms with Crippen LogP contribution in [0.2, 0.25) is 0 Å². The Morgan fingerprint density at radius 3 is 2.44 bits per heavy atom. The molecule has 0 unspecified atom stereocenters. The lowest BCUT2D eigenvalue weighted by Crippen LogP contribution is -2.31. The number of rotatable bonds is 4. The maximum atomic E-state index is 10.8. The average molecular weight is 227 g/mol. The lowest BCUT2D eigenvalue weighted by atomic mass is 9.73. The number of aliphatic carboxylic acids is 1. The third-order valence-corrected chi connectivity index (χ3v) is 3.15. The Labute approximate surface area is 94.3 Å². The van der Waals surface area contributed by atoms with Crippen LogP contribution in [0.3, 0.4) is 0 Å². The highest BCUT2D eigenvalue weighted by atomic mass is 16.6. The lowest BCUT2D eigenvalue weighted by Gasteiger charge is -2.31. The molecule has 0 amide bonds. The second kappa shape index (κ2) is 5.09. The Kier molecular flexibility index (Phi) is 4.04. The molecule has 0 aromatic heterocycles. The van der Waals surface area contributed by atoms with Crippen LogP contribution in [0, 0.1) is 15.5 Å². The largest absolute Gasteiger partial charge is 0.478 e. The molecule has 0 aromatic carbocycles. The molecule has 1 N–H and O–H groups in total. The minimum atomic E-state index is -0.992. The van der Waals surface area contributed by atoms with E-state index in [1.807, 2.05) is 0 Å². The Balaban J connectivity index is 2.89. The number of nitro groups is 1. The monoisotopic (exact) mass is 227 g/mol. The van der Waals surface area contributed by atoms with Crippen LogP contribution in [0.4, 0.5) is 0 Å². The molecule has 0 heterocycles. The molecular weight excluding hydrogens is 210 g/mol. The summed E-state index contributed by atoms with van der Waals surface area (Å²) in [5.74, 6) is -0.992. The number of hydrogen-bond acceptors (Lipinski definition) is 3. The van der Waals surface area contributed by atoms with Gasteiger partial charge in [0.2, 0.25) is 6.54 Å². The van der Waals surface area contributed by atoms with Gasteiger partial charge in [0, 0.05) is 10.5 Å². The van der Waals surface area contributed by atoms with E-state index in [1.54, 1.807) is 6.08 Å². The highest BCUT2D eigenvalue weighted by Crippen LogP contribution is 2.38. The Hall–Kier alpha value is -1.39. The van der Waals surface area contributed by atoms with Crippen molar-refractivity contribution in [3.8, 4) is 0 Å². The van der Waals surface area contributed by atoms with Crippen LogP contribution in [0.15, 0.2) is 11.6 Å². The van der Waals surface area contributed by atoms with Crippen LogP contribution >= 0.6 is 0 Å². The van der Waals surface area contributed by atoms with E-state index in [0.29, 0.717) is 0 Å². The van der Waals surface area contributed by atoms with E-state index in [9.17, 15) is 14.9 Å². The average Bonchev–Trinajstić information content (AvgIpc) is 2.17. The molecule has 1 rings (SSSR count). The zero-order valence-corrected chi connectivity index (χ0v) is 9.44. The Bertz CT molecular complexity index is 316. The number of hydrogen-bond donors (Lipinski definition) is 1. The number of nitrogens with zero attached hydrogens (tertiary/aromatic N) is 1. The first-order chi connectivity index (χ1) is 7.45. The molecule has 0 saturated heterocycles. The second-order valence-electron chi connectivity index (χ2n) is 4.55. The van der Waals surface area contributed by atoms with Crippen LogP contribution < -0.4 is 0 Å². The summed E-state index contributed by atoms with van der Waals surface area (Å²) in [6, 6.07) is 0. The summed E-state index contributed by atoms with van der Waals surface area (Å²) in [7, 11) is 0. The molecule has 0 bridgehead atoms. The number of carboxylic acid groups (broad SMARTS) is 1. The van der Waals surface area contributed by atoms with Gasteiger partial charge >= 0.3 is 5.97 Å². The van der Waals surface area contributed by atoms with Gasteiger partial charge in [0.05, 0.1) is 5.41 Å². The summed E-state index contributed by atoms with van der Waals surface area (Å²) < 4.78 is 0. The molecule has 5 heteroatoms. The van der Waals surface area contributed by atoms with E-state index in [1.165, 1.54) is 6.92 Å². The van der Waals surface area contributed by atoms with E-state index in [-0.39, 0.29) is 17.0 Å². The molecule has 90 valence electrons. The zero-order chi connectivity index (χ0) is 12.2. The van der Waals surface area contributed by atoms with Gasteiger partial charge in [-0.25, -0.2) is 4.79 Å². The van der Waals surface area contributed by atoms with Crippen LogP contribution in [-0.4, -0.2) is 22.5 Å². The topological polar surface area (TPSA) is 80.4 Å². The summed E-state index contributed by atoms with van der Waals surface area (Å²) in [6.45, 7) is 1.34. The third-order valence-electron chi connectivity index (χ3n) is 3.15. The van der Waals surface area contributed by atoms with Crippen molar-refractivity contribution in [2.75, 3.05) is 6.54 Å². The number of carboxylic acids is 1. The van der Waals surface area contributed by atoms with Crippen molar-refractivity contribution < 1.29 is 14.8 Å². The standard InChI is InChI=1S/C11H17NO4/c1-9(10(13)14)7-11(8-12(15)16)5-3-2-4-6-11/h7H,2-6,8H2,1H3,(H,13,14)/b9-7+. The maximum absolute atomic E-state index is 10.8. The summed E-state index contributed by atoms with van der Waals surface area (Å²) in [4.78, 5) is 21.1. The van der Waals surface area contributed by atoms with Crippen molar-refractivity contribution in [2.24, 2.45) is 5.41 Å². The van der Waals surface area contributed by atoms with Gasteiger partial charge in [-0.15, -0.1) is 0 Å². The van der Waals surface area contributed by atoms with Gasteiger partial charge in [0.25, 0.3) is 0 Å². The fraction of sp³-hybridized carbons (Fsp3) is 0.727. The van der Waals surface area contributed by atoms with Gasteiger partial charge in [-0.3, -0.25) is 10.1 Å². The molecule has 0 radical (unpaired) electrons. The zero-order valence-electron chi connectivity index (χ0n) is 9.44. The van der Waals surface area contributed by atoms with Crippen molar-refractivity contribution in [2.45, 2.75) is 39.0 Å². The second-order valence-corrected chi connectivity index (χ2v) is 4.55. The highest BCUT2D eigenvalue weighted by Gasteiger charge is 2.35. The molecule has 0 atom stereocenters. The van der Waals surface area contributed by atoms with Crippen molar-refractivity contribution in [1.29, 1.82) is 0 Å². The molecular formula is C11H17NO4. The van der Waals surface area contributed by atoms with Crippen molar-refractivity contribution >= 4 is 5.97 Å². The summed E-state index contributed by atoms with van der Waals surface area (Å²) >= 11 is 0. The molecule has 1 saturated carbocycles. The molecule has 1 aliphatic rings. The summed E-state index contributed by atoms with van der Waals surface area (Å²) in [5.41, 5.74) is -0.326. The first kappa shape index (κ1) is 12.7. The van der Waals surface area contributed by atoms with Crippen molar-refractivity contribution in [1.82, 2.24) is 0 Å². The molecule has 0 aliphatic heterocycles. The predicted molar refractivity (Wildman–Crippen MR) is 58.8 cm³/mol. The van der Waals surface area contributed by atoms with Crippen molar-refractivity contribution in [3.05, 3.63) is 21.8 Å². The van der Waals surface area contributed by atoms with Crippen LogP contribution in [-0.2, 0) is 4.79 Å². The molecule has 16 heavy (non-hydrogen) atoms. The smallest absolute Gasteiger partial charge is 0.330 e. The summed E-state index contributed by atoms with van der Waals surface area (Å²) in [6.07, 6.45) is 6.00. The van der Waals surface area contributed by atoms with E-state index < -0.39 is 11.4 Å². The minimum absolute atomic E-state index is 0.155. The predicted octanol–water partition coefficient (Wildman–Crippen LogP) is 2.24. The lowest BCUT2D eigenvalue weighted by molar-refractivity contribution is -0.495. The fourth-order valence-corrected chi connectivity index (χ4v) is 2.38. The fourth-order valence-electron chi connectivity index (χ4n) is 2.38. The number of carbonyl (C=O) groups is 1. The van der Waals surface area contributed by atoms with E-state index >= 15 is 0 Å². The van der Waals surface area contributed by atoms with Crippen LogP contribution in [0.25, 0.3) is 0 Å². The van der Waals surface area contributed by atoms with Crippen LogP contribution in [0.5, 0.6) is 0 Å². The molecule has 1 aliphatic carbocycles. The van der Waals surface area contributed by atoms with Gasteiger partial charge in [-0.05, 0) is 19.8 Å². The van der Waals surface area contributed by atoms with E-state index in [0.717, 1.165) is 32.1 Å². The summed E-state index contributed by atoms with van der Waals surface area (Å²) in [5, 5.41) is 19.5. The molecule has 5 nitrogen and oxygen atoms in total. The Morgan fingerprint density at radius 2 is 2.00 bits per heavy atom. The Morgan fingerprint density at radius 1 is 1.44 bits per heavy atom. The van der Waals surface area contributed by atoms with Crippen molar-refractivity contribution in [3.63, 3.8) is 0 Å². The normalized spacial score (nSPS) is 20.4. The van der Waals surface area contributed by atoms with Gasteiger partial charge < -0.3 is 5.11 Å².